The molecule has 0 unspecified atom stereocenters. The molecule has 66 valence electrons. The maximum absolute atomic E-state index is 11.0. The molecular formula is C10H9NO2. The minimum Gasteiger partial charge on any atom is -0.465 e. The van der Waals surface area contributed by atoms with Crippen LogP contribution in [0.4, 0.5) is 0 Å². The molecule has 1 heterocycles. The van der Waals surface area contributed by atoms with E-state index in [1.54, 1.807) is 24.5 Å². The number of carbonyl (C=O) groups excluding carboxylic acids is 1. The average Bonchev–Trinajstić information content (AvgIpc) is 2.64. The molecule has 0 saturated carbocycles. The summed E-state index contributed by atoms with van der Waals surface area (Å²) in [5, 5.41) is 2.49. The topological polar surface area (TPSA) is 42.2 Å². The maximum atomic E-state index is 11.0. The van der Waals surface area contributed by atoms with Gasteiger partial charge in [-0.15, -0.1) is 6.42 Å². The first-order valence-corrected chi connectivity index (χ1v) is 3.76. The standard InChI is InChI=1S/C10H9NO2/c1-2-7-11-10(12)6-5-9-4-3-8-13-9/h1,3-6,8H,7H2,(H,11,12)/b6-5+. The Balaban J connectivity index is 2.41. The van der Waals surface area contributed by atoms with Crippen LogP contribution in [0.5, 0.6) is 0 Å². The molecule has 0 fully saturated rings. The minimum atomic E-state index is -0.227. The van der Waals surface area contributed by atoms with Crippen LogP contribution in [0.2, 0.25) is 0 Å². The molecule has 3 nitrogen and oxygen atoms in total. The molecule has 0 aliphatic heterocycles. The van der Waals surface area contributed by atoms with Crippen molar-refractivity contribution in [2.24, 2.45) is 0 Å². The second-order valence-corrected chi connectivity index (χ2v) is 2.27. The number of amides is 1. The molecular weight excluding hydrogens is 166 g/mol. The van der Waals surface area contributed by atoms with E-state index in [2.05, 4.69) is 11.2 Å². The van der Waals surface area contributed by atoms with Crippen LogP contribution in [0.15, 0.2) is 28.9 Å². The van der Waals surface area contributed by atoms with E-state index < -0.39 is 0 Å². The van der Waals surface area contributed by atoms with Crippen molar-refractivity contribution < 1.29 is 9.21 Å². The molecule has 0 aromatic carbocycles. The summed E-state index contributed by atoms with van der Waals surface area (Å²) in [6, 6.07) is 3.50. The van der Waals surface area contributed by atoms with Crippen LogP contribution in [0.1, 0.15) is 5.76 Å². The van der Waals surface area contributed by atoms with Crippen molar-refractivity contribution in [1.82, 2.24) is 5.32 Å². The fraction of sp³-hybridized carbons (Fsp3) is 0.100. The van der Waals surface area contributed by atoms with E-state index in [0.29, 0.717) is 5.76 Å². The van der Waals surface area contributed by atoms with Gasteiger partial charge in [0.2, 0.25) is 5.91 Å². The molecule has 1 aromatic rings. The van der Waals surface area contributed by atoms with Gasteiger partial charge in [0.1, 0.15) is 5.76 Å². The fourth-order valence-corrected chi connectivity index (χ4v) is 0.741. The summed E-state index contributed by atoms with van der Waals surface area (Å²) in [5.41, 5.74) is 0. The highest BCUT2D eigenvalue weighted by Crippen LogP contribution is 2.01. The Morgan fingerprint density at radius 1 is 1.77 bits per heavy atom. The number of hydrogen-bond acceptors (Lipinski definition) is 2. The Morgan fingerprint density at radius 3 is 3.23 bits per heavy atom. The molecule has 13 heavy (non-hydrogen) atoms. The summed E-state index contributed by atoms with van der Waals surface area (Å²) in [4.78, 5) is 11.0. The fourth-order valence-electron chi connectivity index (χ4n) is 0.741. The predicted octanol–water partition coefficient (Wildman–Crippen LogP) is 1.04. The highest BCUT2D eigenvalue weighted by Gasteiger charge is 1.92. The molecule has 1 aromatic heterocycles. The van der Waals surface area contributed by atoms with Gasteiger partial charge in [0.25, 0.3) is 0 Å². The summed E-state index contributed by atoms with van der Waals surface area (Å²) < 4.78 is 4.98. The lowest BCUT2D eigenvalue weighted by molar-refractivity contribution is -0.116. The average molecular weight is 175 g/mol. The van der Waals surface area contributed by atoms with Gasteiger partial charge in [-0.1, -0.05) is 5.92 Å². The molecule has 0 atom stereocenters. The lowest BCUT2D eigenvalue weighted by Crippen LogP contribution is -2.20. The second-order valence-electron chi connectivity index (χ2n) is 2.27. The third kappa shape index (κ3) is 3.30. The molecule has 1 amide bonds. The first-order chi connectivity index (χ1) is 6.33. The SMILES string of the molecule is C#CCNC(=O)/C=C/c1ccco1. The lowest BCUT2D eigenvalue weighted by Gasteiger charge is -1.92. The van der Waals surface area contributed by atoms with Gasteiger partial charge in [-0.2, -0.15) is 0 Å². The van der Waals surface area contributed by atoms with Crippen LogP contribution in [0, 0.1) is 12.3 Å². The minimum absolute atomic E-state index is 0.227. The molecule has 1 rings (SSSR count). The van der Waals surface area contributed by atoms with E-state index in [4.69, 9.17) is 10.8 Å². The Hall–Kier alpha value is -1.95. The van der Waals surface area contributed by atoms with Gasteiger partial charge in [-0.05, 0) is 18.2 Å². The molecule has 0 aliphatic carbocycles. The quantitative estimate of drug-likeness (QED) is 0.551. The van der Waals surface area contributed by atoms with Crippen LogP contribution >= 0.6 is 0 Å². The number of furan rings is 1. The van der Waals surface area contributed by atoms with E-state index in [0.717, 1.165) is 0 Å². The van der Waals surface area contributed by atoms with E-state index in [1.807, 2.05) is 0 Å². The van der Waals surface area contributed by atoms with Gasteiger partial charge in [0.15, 0.2) is 0 Å². The van der Waals surface area contributed by atoms with Crippen molar-refractivity contribution in [2.45, 2.75) is 0 Å². The molecule has 0 radical (unpaired) electrons. The molecule has 0 aliphatic rings. The van der Waals surface area contributed by atoms with Crippen LogP contribution in [-0.4, -0.2) is 12.5 Å². The number of carbonyl (C=O) groups is 1. The molecule has 0 saturated heterocycles. The van der Waals surface area contributed by atoms with E-state index >= 15 is 0 Å². The summed E-state index contributed by atoms with van der Waals surface area (Å²) >= 11 is 0. The van der Waals surface area contributed by atoms with Crippen LogP contribution in [-0.2, 0) is 4.79 Å². The molecule has 1 N–H and O–H groups in total. The number of terminal acetylenes is 1. The Bertz CT molecular complexity index is 330. The van der Waals surface area contributed by atoms with Gasteiger partial charge < -0.3 is 9.73 Å². The normalized spacial score (nSPS) is 9.77. The highest BCUT2D eigenvalue weighted by atomic mass is 16.3. The molecule has 0 bridgehead atoms. The van der Waals surface area contributed by atoms with Crippen molar-refractivity contribution in [2.75, 3.05) is 6.54 Å². The predicted molar refractivity (Wildman–Crippen MR) is 49.6 cm³/mol. The summed E-state index contributed by atoms with van der Waals surface area (Å²) in [5.74, 6) is 2.71. The van der Waals surface area contributed by atoms with Crippen molar-refractivity contribution in [3.8, 4) is 12.3 Å². The zero-order valence-corrected chi connectivity index (χ0v) is 6.99. The second kappa shape index (κ2) is 4.83. The largest absolute Gasteiger partial charge is 0.465 e. The van der Waals surface area contributed by atoms with Crippen LogP contribution in [0.3, 0.4) is 0 Å². The monoisotopic (exact) mass is 175 g/mol. The van der Waals surface area contributed by atoms with Crippen molar-refractivity contribution >= 4 is 12.0 Å². The zero-order chi connectivity index (χ0) is 9.52. The van der Waals surface area contributed by atoms with Gasteiger partial charge >= 0.3 is 0 Å². The molecule has 0 spiro atoms. The Labute approximate surface area is 76.4 Å². The Kier molecular flexibility index (Phi) is 3.40. The first-order valence-electron chi connectivity index (χ1n) is 3.76. The van der Waals surface area contributed by atoms with Gasteiger partial charge in [0.05, 0.1) is 12.8 Å². The third-order valence-electron chi connectivity index (χ3n) is 1.31. The Morgan fingerprint density at radius 2 is 2.62 bits per heavy atom. The number of hydrogen-bond donors (Lipinski definition) is 1. The third-order valence-corrected chi connectivity index (χ3v) is 1.31. The van der Waals surface area contributed by atoms with Crippen molar-refractivity contribution in [3.05, 3.63) is 30.2 Å². The number of nitrogens with one attached hydrogen (secondary N) is 1. The molecule has 3 heteroatoms. The van der Waals surface area contributed by atoms with Gasteiger partial charge in [0, 0.05) is 6.08 Å². The summed E-state index contributed by atoms with van der Waals surface area (Å²) in [7, 11) is 0. The summed E-state index contributed by atoms with van der Waals surface area (Å²) in [6.07, 6.45) is 9.45. The summed E-state index contributed by atoms with van der Waals surface area (Å²) in [6.45, 7) is 0.237. The maximum Gasteiger partial charge on any atom is 0.244 e. The van der Waals surface area contributed by atoms with Gasteiger partial charge in [-0.25, -0.2) is 0 Å². The lowest BCUT2D eigenvalue weighted by atomic mass is 10.4. The van der Waals surface area contributed by atoms with Gasteiger partial charge in [-0.3, -0.25) is 4.79 Å². The first kappa shape index (κ1) is 9.14. The smallest absolute Gasteiger partial charge is 0.244 e. The van der Waals surface area contributed by atoms with Crippen LogP contribution in [0.25, 0.3) is 6.08 Å². The number of rotatable bonds is 3. The van der Waals surface area contributed by atoms with Crippen LogP contribution < -0.4 is 5.32 Å². The highest BCUT2D eigenvalue weighted by molar-refractivity contribution is 5.91. The van der Waals surface area contributed by atoms with Crippen molar-refractivity contribution in [1.29, 1.82) is 0 Å². The zero-order valence-electron chi connectivity index (χ0n) is 6.99. The van der Waals surface area contributed by atoms with E-state index in [9.17, 15) is 4.79 Å². The van der Waals surface area contributed by atoms with E-state index in [-0.39, 0.29) is 12.5 Å². The van der Waals surface area contributed by atoms with E-state index in [1.165, 1.54) is 6.08 Å². The van der Waals surface area contributed by atoms with Crippen molar-refractivity contribution in [3.63, 3.8) is 0 Å².